The lowest BCUT2D eigenvalue weighted by atomic mass is 9.79. The van der Waals surface area contributed by atoms with E-state index >= 15 is 0 Å². The van der Waals surface area contributed by atoms with Gasteiger partial charge >= 0.3 is 11.9 Å². The number of rotatable bonds is 4. The van der Waals surface area contributed by atoms with E-state index in [1.165, 1.54) is 0 Å². The summed E-state index contributed by atoms with van der Waals surface area (Å²) >= 11 is 0. The Hall–Kier alpha value is -3.00. The maximum Gasteiger partial charge on any atom is 0.336 e. The van der Waals surface area contributed by atoms with Gasteiger partial charge in [0.05, 0.1) is 23.7 Å². The third-order valence-corrected chi connectivity index (χ3v) is 4.13. The summed E-state index contributed by atoms with van der Waals surface area (Å²) in [4.78, 5) is 34.3. The Morgan fingerprint density at radius 3 is 2.64 bits per heavy atom. The van der Waals surface area contributed by atoms with E-state index < -0.39 is 17.9 Å². The van der Waals surface area contributed by atoms with Crippen molar-refractivity contribution in [2.24, 2.45) is 0 Å². The first-order chi connectivity index (χ1) is 12.0. The van der Waals surface area contributed by atoms with E-state index in [4.69, 9.17) is 14.6 Å². The second kappa shape index (κ2) is 6.48. The minimum absolute atomic E-state index is 0.0655. The summed E-state index contributed by atoms with van der Waals surface area (Å²) in [6.45, 7) is 5.25. The molecule has 8 heteroatoms. The van der Waals surface area contributed by atoms with Crippen LogP contribution in [0.1, 0.15) is 32.3 Å². The van der Waals surface area contributed by atoms with Gasteiger partial charge in [-0.05, 0) is 32.4 Å². The zero-order valence-corrected chi connectivity index (χ0v) is 14.0. The summed E-state index contributed by atoms with van der Waals surface area (Å²) in [5.74, 6) is -2.10. The Labute approximate surface area is 143 Å². The number of carboxylic acid groups (broad SMARTS) is 1. The van der Waals surface area contributed by atoms with Crippen LogP contribution in [0.3, 0.4) is 0 Å². The second-order valence-corrected chi connectivity index (χ2v) is 5.65. The van der Waals surface area contributed by atoms with Crippen LogP contribution < -0.4 is 15.7 Å². The predicted molar refractivity (Wildman–Crippen MR) is 87.3 cm³/mol. The molecule has 0 aliphatic carbocycles. The van der Waals surface area contributed by atoms with Gasteiger partial charge in [-0.1, -0.05) is 17.1 Å². The van der Waals surface area contributed by atoms with Crippen LogP contribution in [-0.2, 0) is 19.3 Å². The highest BCUT2D eigenvalue weighted by atomic mass is 17.3. The molecule has 0 bridgehead atoms. The first-order valence-electron chi connectivity index (χ1n) is 7.77. The molecule has 3 N–H and O–H groups in total. The van der Waals surface area contributed by atoms with Gasteiger partial charge in [-0.15, -0.1) is 0 Å². The minimum Gasteiger partial charge on any atom is -0.478 e. The van der Waals surface area contributed by atoms with Crippen LogP contribution in [0, 0.1) is 0 Å². The van der Waals surface area contributed by atoms with E-state index in [9.17, 15) is 14.7 Å². The first kappa shape index (κ1) is 16.8. The number of carbonyl (C=O) groups is 2. The van der Waals surface area contributed by atoms with Gasteiger partial charge in [0.15, 0.2) is 5.75 Å². The zero-order chi connectivity index (χ0) is 18.1. The highest BCUT2D eigenvalue weighted by molar-refractivity contribution is 6.00. The van der Waals surface area contributed by atoms with Crippen LogP contribution in [0.5, 0.6) is 5.75 Å². The maximum absolute atomic E-state index is 12.5. The highest BCUT2D eigenvalue weighted by Gasteiger charge is 2.39. The van der Waals surface area contributed by atoms with Gasteiger partial charge in [0, 0.05) is 11.4 Å². The predicted octanol–water partition coefficient (Wildman–Crippen LogP) is 2.22. The molecule has 2 aliphatic rings. The molecule has 0 saturated carbocycles. The number of aliphatic carboxylic acids is 1. The third kappa shape index (κ3) is 2.80. The van der Waals surface area contributed by atoms with E-state index in [1.807, 2.05) is 0 Å². The Kier molecular flexibility index (Phi) is 4.37. The molecule has 0 amide bonds. The monoisotopic (exact) mass is 346 g/mol. The molecule has 132 valence electrons. The van der Waals surface area contributed by atoms with E-state index in [1.54, 1.807) is 39.0 Å². The molecular formula is C17H18N2O6. The molecule has 0 fully saturated rings. The van der Waals surface area contributed by atoms with Crippen molar-refractivity contribution >= 4 is 17.6 Å². The zero-order valence-electron chi connectivity index (χ0n) is 14.0. The van der Waals surface area contributed by atoms with Crippen molar-refractivity contribution in [2.45, 2.75) is 26.7 Å². The van der Waals surface area contributed by atoms with Gasteiger partial charge in [-0.3, -0.25) is 0 Å². The van der Waals surface area contributed by atoms with E-state index in [-0.39, 0.29) is 17.8 Å². The van der Waals surface area contributed by atoms with Crippen LogP contribution in [-0.4, -0.2) is 23.7 Å². The Morgan fingerprint density at radius 2 is 1.96 bits per heavy atom. The molecule has 2 aliphatic heterocycles. The summed E-state index contributed by atoms with van der Waals surface area (Å²) < 4.78 is 5.15. The molecule has 3 rings (SSSR count). The van der Waals surface area contributed by atoms with Crippen molar-refractivity contribution in [3.05, 3.63) is 46.3 Å². The molecule has 1 unspecified atom stereocenters. The van der Waals surface area contributed by atoms with Crippen LogP contribution in [0.25, 0.3) is 0 Å². The number of carboxylic acids is 1. The average molecular weight is 346 g/mol. The van der Waals surface area contributed by atoms with Crippen molar-refractivity contribution in [1.82, 2.24) is 5.32 Å². The summed E-state index contributed by atoms with van der Waals surface area (Å²) in [5, 5.41) is 12.7. The van der Waals surface area contributed by atoms with Crippen molar-refractivity contribution in [2.75, 3.05) is 12.1 Å². The summed E-state index contributed by atoms with van der Waals surface area (Å²) in [7, 11) is 0. The lowest BCUT2D eigenvalue weighted by Gasteiger charge is -2.30. The minimum atomic E-state index is -1.12. The number of ether oxygens (including phenoxy) is 1. The normalized spacial score (nSPS) is 18.9. The molecule has 25 heavy (non-hydrogen) atoms. The van der Waals surface area contributed by atoms with E-state index in [0.29, 0.717) is 28.4 Å². The molecule has 0 aromatic heterocycles. The lowest BCUT2D eigenvalue weighted by molar-refractivity contribution is -0.160. The Morgan fingerprint density at radius 1 is 1.24 bits per heavy atom. The molecule has 1 aromatic rings. The molecule has 0 radical (unpaired) electrons. The van der Waals surface area contributed by atoms with Crippen LogP contribution in [0.15, 0.2) is 40.7 Å². The lowest BCUT2D eigenvalue weighted by Crippen LogP contribution is -2.32. The smallest absolute Gasteiger partial charge is 0.336 e. The highest BCUT2D eigenvalue weighted by Crippen LogP contribution is 2.45. The summed E-state index contributed by atoms with van der Waals surface area (Å²) in [6, 6.07) is 5.11. The van der Waals surface area contributed by atoms with Gasteiger partial charge in [0.2, 0.25) is 0 Å². The molecule has 0 saturated heterocycles. The summed E-state index contributed by atoms with van der Waals surface area (Å²) in [5.41, 5.74) is 4.96. The fourth-order valence-electron chi connectivity index (χ4n) is 3.14. The van der Waals surface area contributed by atoms with Gasteiger partial charge in [-0.2, -0.15) is 0 Å². The standard InChI is InChI=1S/C17H18N2O6/c1-4-23-17(22)13-9(3)18-8(2)12(16(20)21)14(13)10-6-5-7-11-15(10)19-25-24-11/h5-7,14,18-19H,4H2,1-3H3,(H,20,21). The van der Waals surface area contributed by atoms with Gasteiger partial charge < -0.3 is 20.0 Å². The molecule has 1 aromatic carbocycles. The van der Waals surface area contributed by atoms with Crippen molar-refractivity contribution in [3.63, 3.8) is 0 Å². The topological polar surface area (TPSA) is 106 Å². The van der Waals surface area contributed by atoms with E-state index in [0.717, 1.165) is 0 Å². The fraction of sp³-hybridized carbons (Fsp3) is 0.294. The fourth-order valence-corrected chi connectivity index (χ4v) is 3.14. The maximum atomic E-state index is 12.5. The first-order valence-corrected chi connectivity index (χ1v) is 7.77. The van der Waals surface area contributed by atoms with Gasteiger partial charge in [0.25, 0.3) is 0 Å². The number of anilines is 1. The number of allylic oxidation sites excluding steroid dienone is 2. The molecule has 2 heterocycles. The number of dihydropyridines is 1. The van der Waals surface area contributed by atoms with Gasteiger partial charge in [0.1, 0.15) is 5.69 Å². The number of nitrogens with one attached hydrogen (secondary N) is 2. The number of hydrogen-bond donors (Lipinski definition) is 3. The molecule has 0 spiro atoms. The van der Waals surface area contributed by atoms with Crippen LogP contribution >= 0.6 is 0 Å². The van der Waals surface area contributed by atoms with Crippen molar-refractivity contribution in [1.29, 1.82) is 0 Å². The molecule has 8 nitrogen and oxygen atoms in total. The number of hydrogen-bond acceptors (Lipinski definition) is 7. The quantitative estimate of drug-likeness (QED) is 0.563. The molecule has 1 atom stereocenters. The Bertz CT molecular complexity index is 811. The number of fused-ring (bicyclic) bond motifs is 1. The SMILES string of the molecule is CCOC(=O)C1=C(C)NC(C)=C(C(=O)O)C1c1cccc2c1NOO2. The Balaban J connectivity index is 2.22. The van der Waals surface area contributed by atoms with E-state index in [2.05, 4.69) is 10.8 Å². The van der Waals surface area contributed by atoms with Crippen molar-refractivity contribution in [3.8, 4) is 5.75 Å². The molecular weight excluding hydrogens is 328 g/mol. The van der Waals surface area contributed by atoms with Crippen LogP contribution in [0.2, 0.25) is 0 Å². The largest absolute Gasteiger partial charge is 0.478 e. The average Bonchev–Trinajstić information content (AvgIpc) is 3.02. The van der Waals surface area contributed by atoms with Crippen molar-refractivity contribution < 1.29 is 29.3 Å². The number of carbonyl (C=O) groups excluding carboxylic acids is 1. The number of para-hydroxylation sites is 1. The summed E-state index contributed by atoms with van der Waals surface area (Å²) in [6.07, 6.45) is 0. The van der Waals surface area contributed by atoms with Crippen LogP contribution in [0.4, 0.5) is 5.69 Å². The number of benzene rings is 1. The second-order valence-electron chi connectivity index (χ2n) is 5.65. The van der Waals surface area contributed by atoms with Gasteiger partial charge in [-0.25, -0.2) is 15.1 Å². The third-order valence-electron chi connectivity index (χ3n) is 4.13. The number of esters is 1.